The van der Waals surface area contributed by atoms with E-state index in [4.69, 9.17) is 18.9 Å². The predicted octanol–water partition coefficient (Wildman–Crippen LogP) is 1.09. The number of rotatable bonds is 8. The second kappa shape index (κ2) is 10.6. The van der Waals surface area contributed by atoms with Crippen molar-refractivity contribution in [1.29, 1.82) is 0 Å². The van der Waals surface area contributed by atoms with Crippen molar-refractivity contribution in [2.24, 2.45) is 0 Å². The lowest BCUT2D eigenvalue weighted by atomic mass is 10.1. The first-order chi connectivity index (χ1) is 15.2. The van der Waals surface area contributed by atoms with Gasteiger partial charge in [-0.05, 0) is 23.3 Å². The van der Waals surface area contributed by atoms with Crippen LogP contribution in [0, 0.1) is 0 Å². The molecule has 7 nitrogen and oxygen atoms in total. The van der Waals surface area contributed by atoms with Crippen LogP contribution >= 0.6 is 0 Å². The van der Waals surface area contributed by atoms with E-state index in [1.54, 1.807) is 7.11 Å². The van der Waals surface area contributed by atoms with Gasteiger partial charge in [-0.3, -0.25) is 4.79 Å². The largest absolute Gasteiger partial charge is 0.486 e. The average molecular weight is 428 g/mol. The standard InChI is InChI=1S/C24H30N2O5/c1-28-23(20-5-3-2-4-6-20)24(27)26(10-9-25-11-13-29-14-12-25)18-19-7-8-21-22(17-19)31-16-15-30-21/h2-8,17,23H,9-16,18H2,1H3/p+1/t23-/m0/s1. The van der Waals surface area contributed by atoms with Crippen molar-refractivity contribution in [3.8, 4) is 11.5 Å². The van der Waals surface area contributed by atoms with Crippen molar-refractivity contribution < 1.29 is 28.6 Å². The molecule has 1 N–H and O–H groups in total. The maximum absolute atomic E-state index is 13.6. The monoisotopic (exact) mass is 427 g/mol. The van der Waals surface area contributed by atoms with Crippen molar-refractivity contribution >= 4 is 5.91 Å². The van der Waals surface area contributed by atoms with Crippen LogP contribution in [-0.4, -0.2) is 70.5 Å². The molecule has 1 fully saturated rings. The average Bonchev–Trinajstić information content (AvgIpc) is 2.83. The predicted molar refractivity (Wildman–Crippen MR) is 115 cm³/mol. The molecule has 0 bridgehead atoms. The molecule has 4 rings (SSSR count). The van der Waals surface area contributed by atoms with Crippen molar-refractivity contribution in [3.05, 3.63) is 59.7 Å². The zero-order valence-electron chi connectivity index (χ0n) is 18.0. The van der Waals surface area contributed by atoms with Gasteiger partial charge in [-0.2, -0.15) is 0 Å². The highest BCUT2D eigenvalue weighted by atomic mass is 16.6. The summed E-state index contributed by atoms with van der Waals surface area (Å²) in [5.41, 5.74) is 1.87. The number of methoxy groups -OCH3 is 1. The van der Waals surface area contributed by atoms with Crippen molar-refractivity contribution in [3.63, 3.8) is 0 Å². The van der Waals surface area contributed by atoms with E-state index >= 15 is 0 Å². The molecular formula is C24H31N2O5+. The fraction of sp³-hybridized carbons (Fsp3) is 0.458. The minimum Gasteiger partial charge on any atom is -0.486 e. The number of nitrogens with one attached hydrogen (secondary N) is 1. The summed E-state index contributed by atoms with van der Waals surface area (Å²) < 4.78 is 22.5. The molecule has 0 saturated carbocycles. The molecule has 7 heteroatoms. The SMILES string of the molecule is CO[C@H](C(=O)N(CC[NH+]1CCOCC1)Cc1ccc2c(c1)OCCO2)c1ccccc1. The van der Waals surface area contributed by atoms with Gasteiger partial charge in [0, 0.05) is 13.7 Å². The lowest BCUT2D eigenvalue weighted by molar-refractivity contribution is -0.907. The number of hydrogen-bond acceptors (Lipinski definition) is 5. The van der Waals surface area contributed by atoms with E-state index in [0.29, 0.717) is 26.3 Å². The number of quaternary nitrogens is 1. The minimum absolute atomic E-state index is 0.0313. The van der Waals surface area contributed by atoms with Gasteiger partial charge >= 0.3 is 0 Å². The van der Waals surface area contributed by atoms with Gasteiger partial charge < -0.3 is 28.7 Å². The van der Waals surface area contributed by atoms with E-state index < -0.39 is 6.10 Å². The first kappa shape index (κ1) is 21.6. The molecule has 2 heterocycles. The number of hydrogen-bond donors (Lipinski definition) is 1. The molecule has 1 amide bonds. The third-order valence-corrected chi connectivity index (χ3v) is 5.79. The summed E-state index contributed by atoms with van der Waals surface area (Å²) in [7, 11) is 1.59. The van der Waals surface area contributed by atoms with Gasteiger partial charge in [0.2, 0.25) is 0 Å². The summed E-state index contributed by atoms with van der Waals surface area (Å²) >= 11 is 0. The molecule has 0 aromatic heterocycles. The van der Waals surface area contributed by atoms with E-state index in [-0.39, 0.29) is 5.91 Å². The fourth-order valence-corrected chi connectivity index (χ4v) is 4.05. The Morgan fingerprint density at radius 1 is 1.03 bits per heavy atom. The first-order valence-corrected chi connectivity index (χ1v) is 10.9. The molecule has 2 aromatic rings. The van der Waals surface area contributed by atoms with Crippen molar-refractivity contribution in [2.45, 2.75) is 12.6 Å². The van der Waals surface area contributed by atoms with Gasteiger partial charge in [0.05, 0.1) is 26.3 Å². The third-order valence-electron chi connectivity index (χ3n) is 5.79. The van der Waals surface area contributed by atoms with E-state index in [0.717, 1.165) is 55.5 Å². The summed E-state index contributed by atoms with van der Waals surface area (Å²) in [4.78, 5) is 16.9. The number of carbonyl (C=O) groups is 1. The van der Waals surface area contributed by atoms with Gasteiger partial charge in [-0.1, -0.05) is 36.4 Å². The molecular weight excluding hydrogens is 396 g/mol. The molecule has 166 valence electrons. The van der Waals surface area contributed by atoms with Gasteiger partial charge in [0.25, 0.3) is 5.91 Å². The second-order valence-corrected chi connectivity index (χ2v) is 7.88. The molecule has 0 spiro atoms. The summed E-state index contributed by atoms with van der Waals surface area (Å²) in [6, 6.07) is 15.6. The van der Waals surface area contributed by atoms with Crippen molar-refractivity contribution in [1.82, 2.24) is 4.90 Å². The molecule has 2 aliphatic rings. The Hall–Kier alpha value is -2.61. The zero-order chi connectivity index (χ0) is 21.5. The Bertz CT molecular complexity index is 854. The Morgan fingerprint density at radius 2 is 1.77 bits per heavy atom. The Kier molecular flexibility index (Phi) is 7.40. The van der Waals surface area contributed by atoms with E-state index in [1.807, 2.05) is 53.4 Å². The Morgan fingerprint density at radius 3 is 2.52 bits per heavy atom. The van der Waals surface area contributed by atoms with Crippen LogP contribution in [0.25, 0.3) is 0 Å². The quantitative estimate of drug-likeness (QED) is 0.684. The Balaban J connectivity index is 1.52. The summed E-state index contributed by atoms with van der Waals surface area (Å²) in [5, 5.41) is 0. The summed E-state index contributed by atoms with van der Waals surface area (Å²) in [6.45, 7) is 6.61. The molecule has 1 saturated heterocycles. The normalized spacial score (nSPS) is 17.2. The van der Waals surface area contributed by atoms with Gasteiger partial charge in [0.15, 0.2) is 17.6 Å². The van der Waals surface area contributed by atoms with Crippen LogP contribution in [0.3, 0.4) is 0 Å². The van der Waals surface area contributed by atoms with Crippen LogP contribution < -0.4 is 14.4 Å². The molecule has 31 heavy (non-hydrogen) atoms. The Labute approximate surface area is 183 Å². The van der Waals surface area contributed by atoms with Gasteiger partial charge in [-0.25, -0.2) is 0 Å². The van der Waals surface area contributed by atoms with E-state index in [9.17, 15) is 4.79 Å². The van der Waals surface area contributed by atoms with Crippen LogP contribution in [0.2, 0.25) is 0 Å². The third kappa shape index (κ3) is 5.55. The van der Waals surface area contributed by atoms with Crippen LogP contribution in [0.5, 0.6) is 11.5 Å². The zero-order valence-corrected chi connectivity index (χ0v) is 18.0. The van der Waals surface area contributed by atoms with Crippen LogP contribution in [0.4, 0.5) is 0 Å². The van der Waals surface area contributed by atoms with E-state index in [1.165, 1.54) is 4.90 Å². The van der Waals surface area contributed by atoms with Crippen molar-refractivity contribution in [2.75, 3.05) is 59.7 Å². The summed E-state index contributed by atoms with van der Waals surface area (Å²) in [6.07, 6.45) is -0.627. The number of fused-ring (bicyclic) bond motifs is 1. The molecule has 0 radical (unpaired) electrons. The van der Waals surface area contributed by atoms with Crippen LogP contribution in [0.1, 0.15) is 17.2 Å². The lowest BCUT2D eigenvalue weighted by Crippen LogP contribution is -3.14. The smallest absolute Gasteiger partial charge is 0.256 e. The van der Waals surface area contributed by atoms with E-state index in [2.05, 4.69) is 0 Å². The van der Waals surface area contributed by atoms with Crippen LogP contribution in [-0.2, 0) is 20.8 Å². The molecule has 0 unspecified atom stereocenters. The summed E-state index contributed by atoms with van der Waals surface area (Å²) in [5.74, 6) is 1.46. The molecule has 1 atom stereocenters. The molecule has 0 aliphatic carbocycles. The highest BCUT2D eigenvalue weighted by Gasteiger charge is 2.27. The van der Waals surface area contributed by atoms with Gasteiger partial charge in [0.1, 0.15) is 26.3 Å². The first-order valence-electron chi connectivity index (χ1n) is 10.9. The molecule has 2 aromatic carbocycles. The second-order valence-electron chi connectivity index (χ2n) is 7.88. The lowest BCUT2D eigenvalue weighted by Gasteiger charge is -2.30. The maximum atomic E-state index is 13.6. The number of nitrogens with zero attached hydrogens (tertiary/aromatic N) is 1. The number of benzene rings is 2. The minimum atomic E-state index is -0.627. The number of amides is 1. The topological polar surface area (TPSA) is 61.7 Å². The highest BCUT2D eigenvalue weighted by molar-refractivity contribution is 5.82. The van der Waals surface area contributed by atoms with Crippen LogP contribution in [0.15, 0.2) is 48.5 Å². The highest BCUT2D eigenvalue weighted by Crippen LogP contribution is 2.31. The molecule has 2 aliphatic heterocycles. The van der Waals surface area contributed by atoms with Gasteiger partial charge in [-0.15, -0.1) is 0 Å². The number of morpholine rings is 1. The fourth-order valence-electron chi connectivity index (χ4n) is 4.05. The maximum Gasteiger partial charge on any atom is 0.256 e. The number of ether oxygens (including phenoxy) is 4. The number of carbonyl (C=O) groups excluding carboxylic acids is 1.